The standard InChI is InChI=1S/C21H24FN3O4/c1-21(2,3)29-20(28)24-13-18(26)25-17-9-4-6-14(10-17)12-23-19(27)15-7-5-8-16(22)11-15/h4-11H,12-13H2,1-3H3,(H,23,27)(H,24,28)(H,25,26). The molecule has 0 saturated carbocycles. The summed E-state index contributed by atoms with van der Waals surface area (Å²) in [4.78, 5) is 35.7. The van der Waals surface area contributed by atoms with E-state index in [4.69, 9.17) is 4.74 Å². The number of hydrogen-bond donors (Lipinski definition) is 3. The van der Waals surface area contributed by atoms with Crippen molar-refractivity contribution in [1.29, 1.82) is 0 Å². The fraction of sp³-hybridized carbons (Fsp3) is 0.286. The molecule has 0 radical (unpaired) electrons. The number of carbonyl (C=O) groups excluding carboxylic acids is 3. The third-order valence-electron chi connectivity index (χ3n) is 3.54. The van der Waals surface area contributed by atoms with E-state index in [2.05, 4.69) is 16.0 Å². The molecule has 29 heavy (non-hydrogen) atoms. The molecule has 8 heteroatoms. The zero-order valence-corrected chi connectivity index (χ0v) is 16.5. The lowest BCUT2D eigenvalue weighted by molar-refractivity contribution is -0.115. The van der Waals surface area contributed by atoms with Crippen molar-refractivity contribution in [3.63, 3.8) is 0 Å². The van der Waals surface area contributed by atoms with Crippen LogP contribution in [-0.4, -0.2) is 30.1 Å². The van der Waals surface area contributed by atoms with Crippen LogP contribution in [-0.2, 0) is 16.1 Å². The molecule has 154 valence electrons. The molecule has 7 nitrogen and oxygen atoms in total. The molecule has 0 aliphatic heterocycles. The number of alkyl carbamates (subject to hydrolysis) is 1. The Morgan fingerprint density at radius 3 is 2.41 bits per heavy atom. The fourth-order valence-electron chi connectivity index (χ4n) is 2.34. The Morgan fingerprint density at radius 2 is 1.72 bits per heavy atom. The molecular formula is C21H24FN3O4. The van der Waals surface area contributed by atoms with E-state index < -0.39 is 29.3 Å². The van der Waals surface area contributed by atoms with E-state index in [1.54, 1.807) is 45.0 Å². The summed E-state index contributed by atoms with van der Waals surface area (Å²) in [5.74, 6) is -1.31. The molecule has 0 atom stereocenters. The van der Waals surface area contributed by atoms with Crippen molar-refractivity contribution in [2.24, 2.45) is 0 Å². The van der Waals surface area contributed by atoms with Gasteiger partial charge in [0.15, 0.2) is 0 Å². The van der Waals surface area contributed by atoms with E-state index in [0.717, 1.165) is 11.6 Å². The Balaban J connectivity index is 1.85. The van der Waals surface area contributed by atoms with Gasteiger partial charge in [0, 0.05) is 17.8 Å². The number of hydrogen-bond acceptors (Lipinski definition) is 4. The SMILES string of the molecule is CC(C)(C)OC(=O)NCC(=O)Nc1cccc(CNC(=O)c2cccc(F)c2)c1. The van der Waals surface area contributed by atoms with E-state index in [-0.39, 0.29) is 18.7 Å². The van der Waals surface area contributed by atoms with Gasteiger partial charge in [-0.1, -0.05) is 18.2 Å². The minimum Gasteiger partial charge on any atom is -0.444 e. The highest BCUT2D eigenvalue weighted by atomic mass is 19.1. The number of anilines is 1. The molecule has 3 N–H and O–H groups in total. The first kappa shape index (κ1) is 21.9. The van der Waals surface area contributed by atoms with Gasteiger partial charge in [-0.3, -0.25) is 9.59 Å². The van der Waals surface area contributed by atoms with Crippen molar-refractivity contribution in [2.45, 2.75) is 32.9 Å². The predicted octanol–water partition coefficient (Wildman–Crippen LogP) is 3.22. The zero-order valence-electron chi connectivity index (χ0n) is 16.5. The molecule has 0 bridgehead atoms. The maximum Gasteiger partial charge on any atom is 0.408 e. The zero-order chi connectivity index (χ0) is 21.4. The van der Waals surface area contributed by atoms with Gasteiger partial charge in [-0.2, -0.15) is 0 Å². The molecule has 3 amide bonds. The van der Waals surface area contributed by atoms with E-state index in [9.17, 15) is 18.8 Å². The van der Waals surface area contributed by atoms with Gasteiger partial charge < -0.3 is 20.7 Å². The molecule has 2 aromatic carbocycles. The molecule has 0 aliphatic carbocycles. The van der Waals surface area contributed by atoms with Crippen LogP contribution in [0.2, 0.25) is 0 Å². The fourth-order valence-corrected chi connectivity index (χ4v) is 2.34. The number of ether oxygens (including phenoxy) is 1. The molecule has 0 aromatic heterocycles. The second-order valence-electron chi connectivity index (χ2n) is 7.30. The number of nitrogens with one attached hydrogen (secondary N) is 3. The lowest BCUT2D eigenvalue weighted by Crippen LogP contribution is -2.37. The Morgan fingerprint density at radius 1 is 1.00 bits per heavy atom. The van der Waals surface area contributed by atoms with E-state index in [0.29, 0.717) is 5.69 Å². The van der Waals surface area contributed by atoms with Crippen LogP contribution in [0.1, 0.15) is 36.7 Å². The third-order valence-corrected chi connectivity index (χ3v) is 3.54. The van der Waals surface area contributed by atoms with Crippen LogP contribution in [0.4, 0.5) is 14.9 Å². The summed E-state index contributed by atoms with van der Waals surface area (Å²) >= 11 is 0. The lowest BCUT2D eigenvalue weighted by Gasteiger charge is -2.19. The van der Waals surface area contributed by atoms with E-state index in [1.807, 2.05) is 0 Å². The topological polar surface area (TPSA) is 96.5 Å². The average Bonchev–Trinajstić information content (AvgIpc) is 2.63. The lowest BCUT2D eigenvalue weighted by atomic mass is 10.1. The minimum absolute atomic E-state index is 0.204. The van der Waals surface area contributed by atoms with Crippen LogP contribution in [0.5, 0.6) is 0 Å². The molecule has 2 aromatic rings. The van der Waals surface area contributed by atoms with Gasteiger partial charge in [0.1, 0.15) is 18.0 Å². The Kier molecular flexibility index (Phi) is 7.30. The predicted molar refractivity (Wildman–Crippen MR) is 107 cm³/mol. The number of rotatable bonds is 6. The summed E-state index contributed by atoms with van der Waals surface area (Å²) in [7, 11) is 0. The molecule has 2 rings (SSSR count). The van der Waals surface area contributed by atoms with Gasteiger partial charge in [-0.05, 0) is 56.7 Å². The maximum absolute atomic E-state index is 13.2. The first-order valence-electron chi connectivity index (χ1n) is 9.02. The molecular weight excluding hydrogens is 377 g/mol. The highest BCUT2D eigenvalue weighted by Gasteiger charge is 2.16. The van der Waals surface area contributed by atoms with Crippen molar-refractivity contribution in [1.82, 2.24) is 10.6 Å². The highest BCUT2D eigenvalue weighted by Crippen LogP contribution is 2.11. The Bertz CT molecular complexity index is 893. The van der Waals surface area contributed by atoms with Gasteiger partial charge >= 0.3 is 6.09 Å². The normalized spacial score (nSPS) is 10.8. The molecule has 0 aliphatic rings. The summed E-state index contributed by atoms with van der Waals surface area (Å²) in [6.07, 6.45) is -0.679. The Hall–Kier alpha value is -3.42. The third kappa shape index (κ3) is 8.00. The van der Waals surface area contributed by atoms with Crippen LogP contribution in [0.3, 0.4) is 0 Å². The largest absolute Gasteiger partial charge is 0.444 e. The molecule has 0 unspecified atom stereocenters. The summed E-state index contributed by atoms with van der Waals surface area (Å²) in [6.45, 7) is 5.15. The van der Waals surface area contributed by atoms with Gasteiger partial charge in [0.25, 0.3) is 5.91 Å². The van der Waals surface area contributed by atoms with Gasteiger partial charge in [-0.15, -0.1) is 0 Å². The van der Waals surface area contributed by atoms with Gasteiger partial charge in [-0.25, -0.2) is 9.18 Å². The second kappa shape index (κ2) is 9.68. The second-order valence-corrected chi connectivity index (χ2v) is 7.30. The molecule has 0 spiro atoms. The van der Waals surface area contributed by atoms with Gasteiger partial charge in [0.05, 0.1) is 0 Å². The average molecular weight is 401 g/mol. The van der Waals surface area contributed by atoms with Crippen molar-refractivity contribution in [3.8, 4) is 0 Å². The smallest absolute Gasteiger partial charge is 0.408 e. The first-order chi connectivity index (χ1) is 13.6. The quantitative estimate of drug-likeness (QED) is 0.692. The van der Waals surface area contributed by atoms with Crippen molar-refractivity contribution in [3.05, 3.63) is 65.5 Å². The Labute approximate surface area is 168 Å². The summed E-state index contributed by atoms with van der Waals surface area (Å²) in [5.41, 5.74) is 0.832. The molecule has 0 heterocycles. The first-order valence-corrected chi connectivity index (χ1v) is 9.02. The van der Waals surface area contributed by atoms with E-state index >= 15 is 0 Å². The van der Waals surface area contributed by atoms with Crippen molar-refractivity contribution in [2.75, 3.05) is 11.9 Å². The van der Waals surface area contributed by atoms with Crippen molar-refractivity contribution >= 4 is 23.6 Å². The van der Waals surface area contributed by atoms with Crippen LogP contribution >= 0.6 is 0 Å². The highest BCUT2D eigenvalue weighted by molar-refractivity contribution is 5.94. The van der Waals surface area contributed by atoms with Gasteiger partial charge in [0.2, 0.25) is 5.91 Å². The maximum atomic E-state index is 13.2. The number of carbonyl (C=O) groups is 3. The monoisotopic (exact) mass is 401 g/mol. The number of amides is 3. The summed E-state index contributed by atoms with van der Waals surface area (Å²) < 4.78 is 18.3. The van der Waals surface area contributed by atoms with Crippen LogP contribution in [0, 0.1) is 5.82 Å². The molecule has 0 saturated heterocycles. The summed E-state index contributed by atoms with van der Waals surface area (Å²) in [6, 6.07) is 12.3. The summed E-state index contributed by atoms with van der Waals surface area (Å²) in [5, 5.41) is 7.72. The van der Waals surface area contributed by atoms with Crippen molar-refractivity contribution < 1.29 is 23.5 Å². The van der Waals surface area contributed by atoms with Crippen LogP contribution < -0.4 is 16.0 Å². The minimum atomic E-state index is -0.679. The van der Waals surface area contributed by atoms with Crippen LogP contribution in [0.25, 0.3) is 0 Å². The number of benzene rings is 2. The van der Waals surface area contributed by atoms with E-state index in [1.165, 1.54) is 18.2 Å². The molecule has 0 fully saturated rings. The van der Waals surface area contributed by atoms with Crippen LogP contribution in [0.15, 0.2) is 48.5 Å². The number of halogens is 1.